The van der Waals surface area contributed by atoms with Gasteiger partial charge in [-0.3, -0.25) is 4.79 Å². The number of nitrogens with two attached hydrogens (primary N) is 1. The fourth-order valence-corrected chi connectivity index (χ4v) is 7.53. The number of nitrogens with zero attached hydrogens (tertiary/aromatic N) is 3. The Labute approximate surface area is 221 Å². The van der Waals surface area contributed by atoms with Crippen molar-refractivity contribution in [2.75, 3.05) is 16.8 Å². The minimum atomic E-state index is -4.13. The molecule has 9 heteroatoms. The molecule has 4 rings (SSSR count). The summed E-state index contributed by atoms with van der Waals surface area (Å²) in [5.74, 6) is 1.07. The molecule has 1 aliphatic heterocycles. The number of hydrogen-bond acceptors (Lipinski definition) is 7. The monoisotopic (exact) mass is 527 g/mol. The van der Waals surface area contributed by atoms with Crippen LogP contribution >= 0.6 is 0 Å². The van der Waals surface area contributed by atoms with E-state index >= 15 is 0 Å². The summed E-state index contributed by atoms with van der Waals surface area (Å²) < 4.78 is 27.6. The van der Waals surface area contributed by atoms with Crippen molar-refractivity contribution in [2.45, 2.75) is 95.1 Å². The summed E-state index contributed by atoms with van der Waals surface area (Å²) in [5.41, 5.74) is 5.70. The number of hydrogen-bond donors (Lipinski definition) is 2. The number of amides is 1. The van der Waals surface area contributed by atoms with E-state index in [0.29, 0.717) is 35.4 Å². The number of carbonyl (C=O) groups is 1. The molecule has 2 aromatic rings. The molecule has 1 saturated heterocycles. The molecule has 2 aromatic heterocycles. The lowest BCUT2D eigenvalue weighted by Gasteiger charge is -2.37. The third kappa shape index (κ3) is 5.61. The first-order valence-electron chi connectivity index (χ1n) is 13.3. The first-order chi connectivity index (χ1) is 17.2. The van der Waals surface area contributed by atoms with Crippen LogP contribution in [-0.4, -0.2) is 42.4 Å². The zero-order valence-electron chi connectivity index (χ0n) is 22.9. The maximum Gasteiger partial charge on any atom is 0.253 e. The Morgan fingerprint density at radius 3 is 2.38 bits per heavy atom. The topological polar surface area (TPSA) is 118 Å². The maximum atomic E-state index is 13.8. The summed E-state index contributed by atoms with van der Waals surface area (Å²) in [7, 11) is -4.13. The van der Waals surface area contributed by atoms with Gasteiger partial charge in [0.1, 0.15) is 17.2 Å². The minimum absolute atomic E-state index is 0.0784. The summed E-state index contributed by atoms with van der Waals surface area (Å²) in [4.78, 5) is 23.4. The van der Waals surface area contributed by atoms with Crippen LogP contribution in [0.1, 0.15) is 84.0 Å². The molecule has 0 bridgehead atoms. The molecule has 1 aliphatic carbocycles. The fraction of sp³-hybridized carbons (Fsp3) is 0.607. The molecule has 1 unspecified atom stereocenters. The second-order valence-electron chi connectivity index (χ2n) is 12.5. The Balaban J connectivity index is 1.63. The highest BCUT2D eigenvalue weighted by Gasteiger charge is 2.40. The Hall–Kier alpha value is -2.68. The molecule has 3 N–H and O–H groups in total. The third-order valence-electron chi connectivity index (χ3n) is 8.06. The lowest BCUT2D eigenvalue weighted by Crippen LogP contribution is -2.40. The van der Waals surface area contributed by atoms with Gasteiger partial charge in [0.2, 0.25) is 9.84 Å². The van der Waals surface area contributed by atoms with Gasteiger partial charge >= 0.3 is 0 Å². The first kappa shape index (κ1) is 27.4. The van der Waals surface area contributed by atoms with Crippen LogP contribution in [-0.2, 0) is 9.84 Å². The van der Waals surface area contributed by atoms with E-state index in [1.165, 1.54) is 18.3 Å². The van der Waals surface area contributed by atoms with Crippen molar-refractivity contribution in [1.82, 2.24) is 9.97 Å². The van der Waals surface area contributed by atoms with Gasteiger partial charge in [0.15, 0.2) is 5.03 Å². The summed E-state index contributed by atoms with van der Waals surface area (Å²) in [6.07, 6.45) is 6.63. The highest BCUT2D eigenvalue weighted by atomic mass is 32.2. The smallest absolute Gasteiger partial charge is 0.253 e. The average molecular weight is 528 g/mol. The van der Waals surface area contributed by atoms with Crippen molar-refractivity contribution in [1.29, 1.82) is 0 Å². The lowest BCUT2D eigenvalue weighted by atomic mass is 9.71. The molecule has 2 fully saturated rings. The van der Waals surface area contributed by atoms with Crippen molar-refractivity contribution in [3.63, 3.8) is 0 Å². The molecule has 1 atom stereocenters. The van der Waals surface area contributed by atoms with Crippen LogP contribution in [0.3, 0.4) is 0 Å². The van der Waals surface area contributed by atoms with Crippen molar-refractivity contribution in [3.8, 4) is 0 Å². The highest BCUT2D eigenvalue weighted by Crippen LogP contribution is 2.40. The molecule has 0 spiro atoms. The van der Waals surface area contributed by atoms with Gasteiger partial charge in [-0.25, -0.2) is 18.4 Å². The van der Waals surface area contributed by atoms with Crippen LogP contribution in [0.4, 0.5) is 11.6 Å². The number of aromatic nitrogens is 2. The van der Waals surface area contributed by atoms with Crippen molar-refractivity contribution in [2.24, 2.45) is 23.0 Å². The number of rotatable bonds is 6. The summed E-state index contributed by atoms with van der Waals surface area (Å²) >= 11 is 0. The van der Waals surface area contributed by atoms with E-state index in [9.17, 15) is 13.2 Å². The predicted molar refractivity (Wildman–Crippen MR) is 146 cm³/mol. The highest BCUT2D eigenvalue weighted by molar-refractivity contribution is 7.91. The van der Waals surface area contributed by atoms with E-state index in [4.69, 9.17) is 5.73 Å². The first-order valence-corrected chi connectivity index (χ1v) is 14.7. The number of sulfone groups is 1. The molecule has 8 nitrogen and oxygen atoms in total. The predicted octanol–water partition coefficient (Wildman–Crippen LogP) is 5.05. The van der Waals surface area contributed by atoms with Gasteiger partial charge < -0.3 is 16.0 Å². The molecular weight excluding hydrogens is 486 g/mol. The van der Waals surface area contributed by atoms with Gasteiger partial charge in [-0.2, -0.15) is 0 Å². The molecule has 0 aromatic carbocycles. The van der Waals surface area contributed by atoms with Crippen molar-refractivity contribution < 1.29 is 13.2 Å². The SMILES string of the molecule is CC1CN(c2nccc(S(=O)(=O)c3cccc(NC4CCC(C(C)(C)C)CC4)n3)c2C(N)=O)C(C)(C)C1. The van der Waals surface area contributed by atoms with Gasteiger partial charge in [0.05, 0.1) is 4.90 Å². The third-order valence-corrected chi connectivity index (χ3v) is 9.76. The van der Waals surface area contributed by atoms with E-state index in [2.05, 4.69) is 56.8 Å². The van der Waals surface area contributed by atoms with Crippen LogP contribution in [0.15, 0.2) is 40.4 Å². The van der Waals surface area contributed by atoms with Crippen LogP contribution in [0.25, 0.3) is 0 Å². The molecule has 202 valence electrons. The van der Waals surface area contributed by atoms with E-state index in [-0.39, 0.29) is 27.1 Å². The zero-order valence-corrected chi connectivity index (χ0v) is 23.7. The van der Waals surface area contributed by atoms with Crippen LogP contribution in [0, 0.1) is 17.3 Å². The summed E-state index contributed by atoms with van der Waals surface area (Å²) in [5, 5.41) is 3.32. The second-order valence-corrected chi connectivity index (χ2v) is 14.4. The Morgan fingerprint density at radius 2 is 1.81 bits per heavy atom. The Bertz CT molecular complexity index is 1260. The normalized spacial score (nSPS) is 24.2. The second kappa shape index (κ2) is 9.89. The molecule has 37 heavy (non-hydrogen) atoms. The summed E-state index contributed by atoms with van der Waals surface area (Å²) in [6, 6.07) is 6.53. The molecule has 2 aliphatic rings. The van der Waals surface area contributed by atoms with E-state index < -0.39 is 15.7 Å². The van der Waals surface area contributed by atoms with Crippen LogP contribution < -0.4 is 16.0 Å². The number of nitrogens with one attached hydrogen (secondary N) is 1. The number of anilines is 2. The van der Waals surface area contributed by atoms with Crippen LogP contribution in [0.5, 0.6) is 0 Å². The van der Waals surface area contributed by atoms with E-state index in [1.807, 2.05) is 4.90 Å². The van der Waals surface area contributed by atoms with E-state index in [1.54, 1.807) is 12.1 Å². The summed E-state index contributed by atoms with van der Waals surface area (Å²) in [6.45, 7) is 13.8. The fourth-order valence-electron chi connectivity index (χ4n) is 6.12. The standard InChI is InChI=1S/C28H41N5O3S/c1-18-16-28(5,6)33(17-18)26-24(25(29)34)21(14-15-30-26)37(35,36)23-9-7-8-22(32-23)31-20-12-10-19(11-13-20)27(2,3)4/h7-9,14-15,18-20H,10-13,16-17H2,1-6H3,(H2,29,34)(H,31,32). The quantitative estimate of drug-likeness (QED) is 0.540. The van der Waals surface area contributed by atoms with Gasteiger partial charge in [-0.15, -0.1) is 0 Å². The Kier molecular flexibility index (Phi) is 7.31. The van der Waals surface area contributed by atoms with Gasteiger partial charge in [0.25, 0.3) is 5.91 Å². The minimum Gasteiger partial charge on any atom is -0.367 e. The largest absolute Gasteiger partial charge is 0.367 e. The molecule has 1 saturated carbocycles. The number of pyridine rings is 2. The van der Waals surface area contributed by atoms with E-state index in [0.717, 1.165) is 32.1 Å². The molecule has 0 radical (unpaired) electrons. The lowest BCUT2D eigenvalue weighted by molar-refractivity contribution is 0.0997. The van der Waals surface area contributed by atoms with Gasteiger partial charge in [0, 0.05) is 24.3 Å². The molecule has 1 amide bonds. The van der Waals surface area contributed by atoms with Crippen LogP contribution in [0.2, 0.25) is 0 Å². The Morgan fingerprint density at radius 1 is 1.14 bits per heavy atom. The maximum absolute atomic E-state index is 13.8. The van der Waals surface area contributed by atoms with Crippen molar-refractivity contribution >= 4 is 27.4 Å². The number of carbonyl (C=O) groups excluding carboxylic acids is 1. The van der Waals surface area contributed by atoms with Gasteiger partial charge in [-0.1, -0.05) is 33.8 Å². The van der Waals surface area contributed by atoms with Crippen molar-refractivity contribution in [3.05, 3.63) is 36.0 Å². The van der Waals surface area contributed by atoms with Gasteiger partial charge in [-0.05, 0) is 81.4 Å². The zero-order chi connectivity index (χ0) is 27.2. The molecular formula is C28H41N5O3S. The molecule has 3 heterocycles. The number of primary amides is 1. The average Bonchev–Trinajstić information content (AvgIpc) is 3.10.